The van der Waals surface area contributed by atoms with Crippen LogP contribution in [0.5, 0.6) is 0 Å². The Morgan fingerprint density at radius 2 is 2.12 bits per heavy atom. The van der Waals surface area contributed by atoms with E-state index in [0.29, 0.717) is 5.69 Å². The molecular formula is C8H7ClF3N3O. The number of imidazole rings is 1. The Hall–Kier alpha value is -1.24. The lowest BCUT2D eigenvalue weighted by molar-refractivity contribution is -0.147. The van der Waals surface area contributed by atoms with Crippen LogP contribution in [0, 0.1) is 0 Å². The predicted molar refractivity (Wildman–Crippen MR) is 48.9 cm³/mol. The van der Waals surface area contributed by atoms with Crippen LogP contribution < -0.4 is 0 Å². The largest absolute Gasteiger partial charge is 0.449 e. The van der Waals surface area contributed by atoms with Crippen LogP contribution in [0.1, 0.15) is 11.5 Å². The van der Waals surface area contributed by atoms with Gasteiger partial charge in [0.1, 0.15) is 0 Å². The topological polar surface area (TPSA) is 38.1 Å². The van der Waals surface area contributed by atoms with E-state index in [4.69, 9.17) is 11.6 Å². The van der Waals surface area contributed by atoms with Crippen molar-refractivity contribution in [1.29, 1.82) is 0 Å². The Kier molecular flexibility index (Phi) is 2.57. The molecule has 8 heteroatoms. The molecule has 1 aromatic rings. The highest BCUT2D eigenvalue weighted by molar-refractivity contribution is 6.62. The summed E-state index contributed by atoms with van der Waals surface area (Å²) in [6, 6.07) is 0. The molecule has 0 spiro atoms. The minimum Gasteiger partial charge on any atom is -0.322 e. The van der Waals surface area contributed by atoms with E-state index in [1.165, 1.54) is 4.90 Å². The molecule has 0 unspecified atom stereocenters. The first kappa shape index (κ1) is 11.3. The van der Waals surface area contributed by atoms with Gasteiger partial charge in [-0.25, -0.2) is 4.98 Å². The average Bonchev–Trinajstić information content (AvgIpc) is 2.58. The third kappa shape index (κ3) is 1.87. The highest BCUT2D eigenvalue weighted by atomic mass is 35.5. The first-order valence-corrected chi connectivity index (χ1v) is 4.83. The summed E-state index contributed by atoms with van der Waals surface area (Å²) in [5, 5.41) is -0.666. The summed E-state index contributed by atoms with van der Waals surface area (Å²) in [6.07, 6.45) is -3.35. The van der Waals surface area contributed by atoms with Crippen LogP contribution in [-0.2, 0) is 19.3 Å². The predicted octanol–water partition coefficient (Wildman–Crippen LogP) is 2.08. The molecule has 1 aliphatic rings. The summed E-state index contributed by atoms with van der Waals surface area (Å²) in [4.78, 5) is 15.4. The van der Waals surface area contributed by atoms with Crippen molar-refractivity contribution in [2.75, 3.05) is 6.54 Å². The fraction of sp³-hybridized carbons (Fsp3) is 0.500. The molecule has 0 atom stereocenters. The van der Waals surface area contributed by atoms with Gasteiger partial charge in [0.15, 0.2) is 0 Å². The number of carbonyl (C=O) groups is 1. The van der Waals surface area contributed by atoms with Gasteiger partial charge in [-0.15, -0.1) is 0 Å². The molecule has 1 amide bonds. The highest BCUT2D eigenvalue weighted by Gasteiger charge is 2.38. The van der Waals surface area contributed by atoms with Gasteiger partial charge in [-0.1, -0.05) is 0 Å². The molecule has 0 bridgehead atoms. The van der Waals surface area contributed by atoms with E-state index < -0.39 is 17.4 Å². The van der Waals surface area contributed by atoms with Crippen molar-refractivity contribution < 1.29 is 18.0 Å². The quantitative estimate of drug-likeness (QED) is 0.524. The summed E-state index contributed by atoms with van der Waals surface area (Å²) in [5.41, 5.74) is 0.340. The number of carbonyl (C=O) groups excluding carboxylic acids is 1. The number of fused-ring (bicyclic) bond motifs is 1. The number of alkyl halides is 3. The molecule has 2 rings (SSSR count). The van der Waals surface area contributed by atoms with E-state index >= 15 is 0 Å². The van der Waals surface area contributed by atoms with Crippen molar-refractivity contribution in [3.8, 4) is 0 Å². The van der Waals surface area contributed by atoms with Gasteiger partial charge in [0, 0.05) is 13.1 Å². The summed E-state index contributed by atoms with van der Waals surface area (Å²) in [6.45, 7) is 0.281. The number of rotatable bonds is 0. The van der Waals surface area contributed by atoms with E-state index in [0.717, 1.165) is 10.8 Å². The number of halogens is 4. The number of amides is 1. The Balaban J connectivity index is 2.31. The van der Waals surface area contributed by atoms with Crippen LogP contribution in [0.15, 0.2) is 6.20 Å². The Labute approximate surface area is 93.6 Å². The maximum absolute atomic E-state index is 12.5. The van der Waals surface area contributed by atoms with Crippen LogP contribution in [-0.4, -0.2) is 26.4 Å². The maximum Gasteiger partial charge on any atom is 0.449 e. The standard InChI is InChI=1S/C8H7ClF3N3O/c9-7(16)14-1-2-15-5(4-14)3-13-6(15)8(10,11)12/h3H,1-2,4H2. The minimum atomic E-state index is -4.47. The SMILES string of the molecule is O=C(Cl)N1CCn2c(cnc2C(F)(F)F)C1. The number of hydrogen-bond donors (Lipinski definition) is 0. The Bertz CT molecular complexity index is 429. The minimum absolute atomic E-state index is 0.0582. The molecule has 0 saturated carbocycles. The molecule has 88 valence electrons. The van der Waals surface area contributed by atoms with Crippen molar-refractivity contribution in [3.63, 3.8) is 0 Å². The zero-order chi connectivity index (χ0) is 11.9. The van der Waals surface area contributed by atoms with Gasteiger partial charge in [-0.3, -0.25) is 4.79 Å². The second-order valence-corrected chi connectivity index (χ2v) is 3.72. The van der Waals surface area contributed by atoms with Crippen LogP contribution in [0.3, 0.4) is 0 Å². The molecule has 0 radical (unpaired) electrons. The number of aromatic nitrogens is 2. The van der Waals surface area contributed by atoms with E-state index in [9.17, 15) is 18.0 Å². The number of nitrogens with zero attached hydrogens (tertiary/aromatic N) is 3. The van der Waals surface area contributed by atoms with Crippen molar-refractivity contribution >= 4 is 17.0 Å². The third-order valence-corrected chi connectivity index (χ3v) is 2.63. The molecule has 1 aromatic heterocycles. The molecule has 2 heterocycles. The van der Waals surface area contributed by atoms with E-state index in [1.54, 1.807) is 0 Å². The van der Waals surface area contributed by atoms with Crippen LogP contribution in [0.2, 0.25) is 0 Å². The fourth-order valence-electron chi connectivity index (χ4n) is 1.66. The molecule has 0 aromatic carbocycles. The van der Waals surface area contributed by atoms with Gasteiger partial charge in [0.2, 0.25) is 5.82 Å². The first-order valence-electron chi connectivity index (χ1n) is 4.45. The lowest BCUT2D eigenvalue weighted by atomic mass is 10.3. The molecule has 0 fully saturated rings. The van der Waals surface area contributed by atoms with Crippen molar-refractivity contribution in [2.24, 2.45) is 0 Å². The lowest BCUT2D eigenvalue weighted by Gasteiger charge is -2.27. The van der Waals surface area contributed by atoms with Crippen LogP contribution in [0.25, 0.3) is 0 Å². The van der Waals surface area contributed by atoms with Crippen LogP contribution in [0.4, 0.5) is 18.0 Å². The highest BCUT2D eigenvalue weighted by Crippen LogP contribution is 2.30. The molecule has 4 nitrogen and oxygen atoms in total. The second kappa shape index (κ2) is 3.65. The normalized spacial score (nSPS) is 16.1. The van der Waals surface area contributed by atoms with Gasteiger partial charge in [0.25, 0.3) is 0 Å². The van der Waals surface area contributed by atoms with E-state index in [1.807, 2.05) is 0 Å². The molecule has 0 aliphatic carbocycles. The summed E-state index contributed by atoms with van der Waals surface area (Å²) in [7, 11) is 0. The van der Waals surface area contributed by atoms with Gasteiger partial charge in [-0.05, 0) is 11.6 Å². The van der Waals surface area contributed by atoms with E-state index in [-0.39, 0.29) is 19.6 Å². The summed E-state index contributed by atoms with van der Waals surface area (Å²) >= 11 is 5.25. The van der Waals surface area contributed by atoms with Crippen molar-refractivity contribution in [2.45, 2.75) is 19.3 Å². The molecule has 0 N–H and O–H groups in total. The van der Waals surface area contributed by atoms with Gasteiger partial charge >= 0.3 is 11.5 Å². The van der Waals surface area contributed by atoms with Crippen molar-refractivity contribution in [3.05, 3.63) is 17.7 Å². The van der Waals surface area contributed by atoms with E-state index in [2.05, 4.69) is 4.98 Å². The Morgan fingerprint density at radius 3 is 2.69 bits per heavy atom. The maximum atomic E-state index is 12.5. The zero-order valence-corrected chi connectivity index (χ0v) is 8.72. The zero-order valence-electron chi connectivity index (χ0n) is 7.96. The lowest BCUT2D eigenvalue weighted by Crippen LogP contribution is -2.36. The van der Waals surface area contributed by atoms with Gasteiger partial charge < -0.3 is 9.47 Å². The second-order valence-electron chi connectivity index (χ2n) is 3.40. The molecule has 16 heavy (non-hydrogen) atoms. The monoisotopic (exact) mass is 253 g/mol. The average molecular weight is 254 g/mol. The molecular weight excluding hydrogens is 247 g/mol. The van der Waals surface area contributed by atoms with Crippen LogP contribution >= 0.6 is 11.6 Å². The van der Waals surface area contributed by atoms with Gasteiger partial charge in [0.05, 0.1) is 18.4 Å². The first-order chi connectivity index (χ1) is 7.39. The number of hydrogen-bond acceptors (Lipinski definition) is 2. The summed E-state index contributed by atoms with van der Waals surface area (Å²) < 4.78 is 38.5. The smallest absolute Gasteiger partial charge is 0.322 e. The Morgan fingerprint density at radius 1 is 1.44 bits per heavy atom. The molecule has 0 saturated heterocycles. The fourth-order valence-corrected chi connectivity index (χ4v) is 1.80. The van der Waals surface area contributed by atoms with Crippen molar-refractivity contribution in [1.82, 2.24) is 14.5 Å². The summed E-state index contributed by atoms with van der Waals surface area (Å²) in [5.74, 6) is -0.927. The molecule has 1 aliphatic heterocycles. The third-order valence-electron chi connectivity index (χ3n) is 2.39. The van der Waals surface area contributed by atoms with Gasteiger partial charge in [-0.2, -0.15) is 13.2 Å².